The summed E-state index contributed by atoms with van der Waals surface area (Å²) in [5.74, 6) is 0.595. The number of hydrogen-bond acceptors (Lipinski definition) is 3. The Hall–Kier alpha value is -2.37. The minimum absolute atomic E-state index is 0.0970. The van der Waals surface area contributed by atoms with Crippen molar-refractivity contribution < 1.29 is 9.59 Å². The van der Waals surface area contributed by atoms with Crippen LogP contribution in [0.3, 0.4) is 0 Å². The van der Waals surface area contributed by atoms with Crippen molar-refractivity contribution in [2.75, 3.05) is 26.2 Å². The SMILES string of the molecule is O=C(CCn1cnc2ccccc21)N1CCC(C(=O)N2CCCCCC2)CC1. The number of likely N-dealkylation sites (tertiary alicyclic amines) is 2. The number of aromatic nitrogens is 2. The first-order chi connectivity index (χ1) is 13.7. The molecule has 2 aliphatic heterocycles. The number of amides is 2. The summed E-state index contributed by atoms with van der Waals surface area (Å²) in [6.45, 7) is 3.88. The number of nitrogens with zero attached hydrogens (tertiary/aromatic N) is 4. The van der Waals surface area contributed by atoms with Crippen molar-refractivity contribution in [3.63, 3.8) is 0 Å². The van der Waals surface area contributed by atoms with E-state index in [4.69, 9.17) is 0 Å². The van der Waals surface area contributed by atoms with E-state index in [0.717, 1.165) is 49.8 Å². The van der Waals surface area contributed by atoms with Gasteiger partial charge in [-0.15, -0.1) is 0 Å². The number of carbonyl (C=O) groups excluding carboxylic acids is 2. The van der Waals surface area contributed by atoms with Gasteiger partial charge in [-0.2, -0.15) is 0 Å². The Balaban J connectivity index is 1.26. The summed E-state index contributed by atoms with van der Waals surface area (Å²) in [5, 5.41) is 0. The van der Waals surface area contributed by atoms with Crippen molar-refractivity contribution in [3.05, 3.63) is 30.6 Å². The molecule has 6 nitrogen and oxygen atoms in total. The third-order valence-corrected chi connectivity index (χ3v) is 6.21. The van der Waals surface area contributed by atoms with Gasteiger partial charge in [0, 0.05) is 45.1 Å². The molecule has 2 fully saturated rings. The Morgan fingerprint density at radius 2 is 1.64 bits per heavy atom. The van der Waals surface area contributed by atoms with Gasteiger partial charge in [-0.25, -0.2) is 4.98 Å². The zero-order valence-electron chi connectivity index (χ0n) is 16.6. The molecule has 0 saturated carbocycles. The Bertz CT molecular complexity index is 815. The molecule has 1 aromatic heterocycles. The Morgan fingerprint density at radius 1 is 0.929 bits per heavy atom. The van der Waals surface area contributed by atoms with E-state index in [2.05, 4.69) is 9.88 Å². The fraction of sp³-hybridized carbons (Fsp3) is 0.591. The molecule has 3 heterocycles. The van der Waals surface area contributed by atoms with E-state index in [0.29, 0.717) is 32.0 Å². The summed E-state index contributed by atoms with van der Waals surface area (Å²) >= 11 is 0. The second-order valence-corrected chi connectivity index (χ2v) is 8.07. The highest BCUT2D eigenvalue weighted by atomic mass is 16.2. The van der Waals surface area contributed by atoms with Crippen LogP contribution in [0.15, 0.2) is 30.6 Å². The minimum Gasteiger partial charge on any atom is -0.343 e. The summed E-state index contributed by atoms with van der Waals surface area (Å²) in [6.07, 6.45) is 8.63. The summed E-state index contributed by atoms with van der Waals surface area (Å²) in [4.78, 5) is 33.8. The van der Waals surface area contributed by atoms with Crippen molar-refractivity contribution in [1.29, 1.82) is 0 Å². The molecule has 28 heavy (non-hydrogen) atoms. The fourth-order valence-corrected chi connectivity index (χ4v) is 4.49. The molecule has 2 aliphatic rings. The van der Waals surface area contributed by atoms with Gasteiger partial charge in [0.2, 0.25) is 11.8 Å². The first kappa shape index (κ1) is 19.0. The molecule has 0 N–H and O–H groups in total. The van der Waals surface area contributed by atoms with Crippen LogP contribution in [0.5, 0.6) is 0 Å². The van der Waals surface area contributed by atoms with Crippen LogP contribution in [-0.4, -0.2) is 57.3 Å². The van der Waals surface area contributed by atoms with Crippen LogP contribution in [0.4, 0.5) is 0 Å². The van der Waals surface area contributed by atoms with Crippen LogP contribution in [0.25, 0.3) is 11.0 Å². The van der Waals surface area contributed by atoms with Gasteiger partial charge in [0.05, 0.1) is 17.4 Å². The Kier molecular flexibility index (Phi) is 5.93. The molecular weight excluding hydrogens is 352 g/mol. The van der Waals surface area contributed by atoms with Crippen LogP contribution in [0, 0.1) is 5.92 Å². The fourth-order valence-electron chi connectivity index (χ4n) is 4.49. The molecule has 2 amide bonds. The average molecular weight is 383 g/mol. The number of rotatable bonds is 4. The summed E-state index contributed by atoms with van der Waals surface area (Å²) < 4.78 is 2.04. The van der Waals surface area contributed by atoms with Gasteiger partial charge in [-0.1, -0.05) is 25.0 Å². The second kappa shape index (κ2) is 8.76. The third kappa shape index (κ3) is 4.21. The molecule has 0 radical (unpaired) electrons. The van der Waals surface area contributed by atoms with E-state index in [1.54, 1.807) is 0 Å². The standard InChI is InChI=1S/C22H30N4O2/c27-21(11-16-26-17-23-19-7-3-4-8-20(19)26)24-14-9-18(10-15-24)22(28)25-12-5-1-2-6-13-25/h3-4,7-8,17-18H,1-2,5-6,9-16H2. The molecule has 6 heteroatoms. The van der Waals surface area contributed by atoms with Gasteiger partial charge in [0.15, 0.2) is 0 Å². The first-order valence-corrected chi connectivity index (χ1v) is 10.7. The van der Waals surface area contributed by atoms with E-state index < -0.39 is 0 Å². The zero-order valence-corrected chi connectivity index (χ0v) is 16.6. The lowest BCUT2D eigenvalue weighted by atomic mass is 9.95. The predicted molar refractivity (Wildman–Crippen MR) is 109 cm³/mol. The maximum atomic E-state index is 12.8. The summed E-state index contributed by atoms with van der Waals surface area (Å²) in [5.41, 5.74) is 2.03. The highest BCUT2D eigenvalue weighted by Gasteiger charge is 2.30. The Morgan fingerprint density at radius 3 is 2.39 bits per heavy atom. The van der Waals surface area contributed by atoms with Gasteiger partial charge in [0.25, 0.3) is 0 Å². The normalized spacial score (nSPS) is 19.0. The van der Waals surface area contributed by atoms with Crippen molar-refractivity contribution >= 4 is 22.8 Å². The van der Waals surface area contributed by atoms with E-state index in [1.165, 1.54) is 12.8 Å². The minimum atomic E-state index is 0.0970. The number of aryl methyl sites for hydroxylation is 1. The summed E-state index contributed by atoms with van der Waals surface area (Å²) in [6, 6.07) is 7.99. The number of para-hydroxylation sites is 2. The number of fused-ring (bicyclic) bond motifs is 1. The van der Waals surface area contributed by atoms with Crippen molar-refractivity contribution in [3.8, 4) is 0 Å². The van der Waals surface area contributed by atoms with Gasteiger partial charge in [0.1, 0.15) is 0 Å². The highest BCUT2D eigenvalue weighted by molar-refractivity contribution is 5.80. The zero-order chi connectivity index (χ0) is 19.3. The molecule has 4 rings (SSSR count). The molecule has 150 valence electrons. The van der Waals surface area contributed by atoms with Gasteiger partial charge >= 0.3 is 0 Å². The molecule has 2 saturated heterocycles. The lowest BCUT2D eigenvalue weighted by molar-refractivity contribution is -0.140. The molecule has 0 atom stereocenters. The highest BCUT2D eigenvalue weighted by Crippen LogP contribution is 2.22. The molecule has 0 bridgehead atoms. The van der Waals surface area contributed by atoms with Crippen molar-refractivity contribution in [2.24, 2.45) is 5.92 Å². The van der Waals surface area contributed by atoms with Crippen molar-refractivity contribution in [2.45, 2.75) is 51.5 Å². The smallest absolute Gasteiger partial charge is 0.225 e. The number of hydrogen-bond donors (Lipinski definition) is 0. The van der Waals surface area contributed by atoms with Crippen LogP contribution in [0.1, 0.15) is 44.9 Å². The first-order valence-electron chi connectivity index (χ1n) is 10.7. The van der Waals surface area contributed by atoms with Gasteiger partial charge in [-0.3, -0.25) is 9.59 Å². The largest absolute Gasteiger partial charge is 0.343 e. The topological polar surface area (TPSA) is 58.4 Å². The maximum Gasteiger partial charge on any atom is 0.225 e. The predicted octanol–water partition coefficient (Wildman–Crippen LogP) is 3.07. The second-order valence-electron chi connectivity index (χ2n) is 8.07. The van der Waals surface area contributed by atoms with Crippen LogP contribution in [-0.2, 0) is 16.1 Å². The molecular formula is C22H30N4O2. The molecule has 0 spiro atoms. The average Bonchev–Trinajstić information content (AvgIpc) is 2.95. The molecule has 0 aliphatic carbocycles. The van der Waals surface area contributed by atoms with Crippen LogP contribution < -0.4 is 0 Å². The van der Waals surface area contributed by atoms with Crippen LogP contribution in [0.2, 0.25) is 0 Å². The van der Waals surface area contributed by atoms with E-state index >= 15 is 0 Å². The van der Waals surface area contributed by atoms with Gasteiger partial charge in [-0.05, 0) is 37.8 Å². The van der Waals surface area contributed by atoms with Crippen molar-refractivity contribution in [1.82, 2.24) is 19.4 Å². The lowest BCUT2D eigenvalue weighted by Crippen LogP contribution is -2.44. The lowest BCUT2D eigenvalue weighted by Gasteiger charge is -2.34. The monoisotopic (exact) mass is 382 g/mol. The number of benzene rings is 1. The molecule has 1 aromatic carbocycles. The van der Waals surface area contributed by atoms with E-state index in [-0.39, 0.29) is 11.8 Å². The van der Waals surface area contributed by atoms with E-state index in [1.807, 2.05) is 40.1 Å². The molecule has 0 unspecified atom stereocenters. The number of piperidine rings is 1. The van der Waals surface area contributed by atoms with Gasteiger partial charge < -0.3 is 14.4 Å². The van der Waals surface area contributed by atoms with Crippen LogP contribution >= 0.6 is 0 Å². The van der Waals surface area contributed by atoms with E-state index in [9.17, 15) is 9.59 Å². The maximum absolute atomic E-state index is 12.8. The number of imidazole rings is 1. The molecule has 2 aromatic rings. The quantitative estimate of drug-likeness (QED) is 0.817. The summed E-state index contributed by atoms with van der Waals surface area (Å²) in [7, 11) is 0. The third-order valence-electron chi connectivity index (χ3n) is 6.21. The Labute approximate surface area is 166 Å². The number of carbonyl (C=O) groups is 2.